The topological polar surface area (TPSA) is 12.4 Å². The molecule has 0 spiro atoms. The number of aryl methyl sites for hydroxylation is 1. The molecule has 0 amide bonds. The van der Waals surface area contributed by atoms with E-state index in [-0.39, 0.29) is 0 Å². The Morgan fingerprint density at radius 1 is 0.960 bits per heavy atom. The van der Waals surface area contributed by atoms with E-state index in [0.717, 1.165) is 22.7 Å². The lowest BCUT2D eigenvalue weighted by atomic mass is 9.83. The molecule has 2 aromatic carbocycles. The first kappa shape index (κ1) is 17.6. The summed E-state index contributed by atoms with van der Waals surface area (Å²) in [6.45, 7) is 4.39. The molecule has 2 aromatic rings. The molecule has 1 fully saturated rings. The van der Waals surface area contributed by atoms with Gasteiger partial charge in [-0.25, -0.2) is 0 Å². The molecular formula is C23H23NS. The molecule has 126 valence electrons. The van der Waals surface area contributed by atoms with Crippen LogP contribution < -0.4 is 0 Å². The highest BCUT2D eigenvalue weighted by atomic mass is 32.1. The molecule has 0 heterocycles. The summed E-state index contributed by atoms with van der Waals surface area (Å²) in [5, 5.41) is 2.43. The zero-order valence-electron chi connectivity index (χ0n) is 14.9. The fourth-order valence-corrected chi connectivity index (χ4v) is 3.44. The van der Waals surface area contributed by atoms with E-state index in [1.165, 1.54) is 36.8 Å². The molecule has 0 unspecified atom stereocenters. The Balaban J connectivity index is 1.72. The van der Waals surface area contributed by atoms with Crippen molar-refractivity contribution in [2.45, 2.75) is 39.5 Å². The summed E-state index contributed by atoms with van der Waals surface area (Å²) in [7, 11) is 0. The van der Waals surface area contributed by atoms with Crippen LogP contribution in [0.1, 0.15) is 43.7 Å². The summed E-state index contributed by atoms with van der Waals surface area (Å²) < 4.78 is 0. The van der Waals surface area contributed by atoms with Gasteiger partial charge in [0.2, 0.25) is 0 Å². The number of rotatable bonds is 2. The number of nitrogens with zero attached hydrogens (tertiary/aromatic N) is 1. The minimum atomic E-state index is 0.577. The maximum absolute atomic E-state index is 4.68. The summed E-state index contributed by atoms with van der Waals surface area (Å²) in [6, 6.07) is 14.7. The Bertz CT molecular complexity index is 840. The van der Waals surface area contributed by atoms with Gasteiger partial charge in [-0.3, -0.25) is 0 Å². The molecule has 0 N–H and O–H groups in total. The largest absolute Gasteiger partial charge is 0.194 e. The lowest BCUT2D eigenvalue weighted by Crippen LogP contribution is -2.10. The molecule has 0 aliphatic heterocycles. The molecule has 1 nitrogen and oxygen atoms in total. The lowest BCUT2D eigenvalue weighted by Gasteiger charge is -2.21. The highest BCUT2D eigenvalue weighted by Gasteiger charge is 2.15. The Hall–Kier alpha value is -2.20. The average Bonchev–Trinajstić information content (AvgIpc) is 2.63. The second kappa shape index (κ2) is 8.26. The van der Waals surface area contributed by atoms with Crippen LogP contribution in [0, 0.1) is 30.6 Å². The molecule has 3 rings (SSSR count). The maximum Gasteiger partial charge on any atom is 0.0769 e. The summed E-state index contributed by atoms with van der Waals surface area (Å²) >= 11 is 4.68. The van der Waals surface area contributed by atoms with Gasteiger partial charge in [-0.05, 0) is 91.7 Å². The van der Waals surface area contributed by atoms with Crippen LogP contribution in [-0.4, -0.2) is 5.16 Å². The molecule has 0 bridgehead atoms. The lowest BCUT2D eigenvalue weighted by molar-refractivity contribution is 0.337. The standard InChI is InChI=1S/C23H23NS/c1-17-3-5-19(6-4-17)7-8-20-9-11-21(12-10-20)22-13-14-23(24-16-25)18(2)15-22/h9-15,17,19H,3-6H2,1-2H3. The van der Waals surface area contributed by atoms with Crippen LogP contribution >= 0.6 is 12.2 Å². The Morgan fingerprint density at radius 3 is 2.28 bits per heavy atom. The number of isothiocyanates is 1. The van der Waals surface area contributed by atoms with Crippen LogP contribution in [0.25, 0.3) is 11.1 Å². The van der Waals surface area contributed by atoms with E-state index in [9.17, 15) is 0 Å². The van der Waals surface area contributed by atoms with Crippen LogP contribution in [0.4, 0.5) is 5.69 Å². The van der Waals surface area contributed by atoms with Crippen molar-refractivity contribution in [3.05, 3.63) is 53.6 Å². The first-order chi connectivity index (χ1) is 12.2. The van der Waals surface area contributed by atoms with Gasteiger partial charge in [0.25, 0.3) is 0 Å². The van der Waals surface area contributed by atoms with Crippen molar-refractivity contribution in [2.75, 3.05) is 0 Å². The Morgan fingerprint density at radius 2 is 1.64 bits per heavy atom. The minimum absolute atomic E-state index is 0.577. The van der Waals surface area contributed by atoms with Crippen molar-refractivity contribution in [1.82, 2.24) is 0 Å². The molecule has 1 saturated carbocycles. The monoisotopic (exact) mass is 345 g/mol. The van der Waals surface area contributed by atoms with Crippen molar-refractivity contribution in [2.24, 2.45) is 16.8 Å². The van der Waals surface area contributed by atoms with Crippen LogP contribution in [0.15, 0.2) is 47.5 Å². The molecule has 0 radical (unpaired) electrons. The fraction of sp³-hybridized carbons (Fsp3) is 0.348. The Kier molecular flexibility index (Phi) is 5.82. The van der Waals surface area contributed by atoms with Crippen LogP contribution in [0.5, 0.6) is 0 Å². The van der Waals surface area contributed by atoms with Gasteiger partial charge in [0.15, 0.2) is 0 Å². The van der Waals surface area contributed by atoms with Crippen LogP contribution in [0.3, 0.4) is 0 Å². The van der Waals surface area contributed by atoms with Gasteiger partial charge < -0.3 is 0 Å². The van der Waals surface area contributed by atoms with Crippen molar-refractivity contribution >= 4 is 23.1 Å². The third kappa shape index (κ3) is 4.67. The number of thiocarbonyl (C=S) groups is 1. The number of aliphatic imine (C=N–C) groups is 1. The quantitative estimate of drug-likeness (QED) is 0.340. The van der Waals surface area contributed by atoms with E-state index in [2.05, 4.69) is 77.5 Å². The predicted molar refractivity (Wildman–Crippen MR) is 109 cm³/mol. The second-order valence-corrected chi connectivity index (χ2v) is 7.19. The molecule has 0 saturated heterocycles. The highest BCUT2D eigenvalue weighted by molar-refractivity contribution is 7.78. The Labute approximate surface area is 156 Å². The number of benzene rings is 2. The van der Waals surface area contributed by atoms with E-state index in [1.54, 1.807) is 0 Å². The number of hydrogen-bond acceptors (Lipinski definition) is 2. The van der Waals surface area contributed by atoms with Gasteiger partial charge in [0.05, 0.1) is 10.8 Å². The van der Waals surface area contributed by atoms with Gasteiger partial charge in [0, 0.05) is 11.5 Å². The van der Waals surface area contributed by atoms with Crippen molar-refractivity contribution in [1.29, 1.82) is 0 Å². The third-order valence-corrected chi connectivity index (χ3v) is 5.11. The van der Waals surface area contributed by atoms with E-state index in [1.807, 2.05) is 13.0 Å². The molecule has 1 aliphatic rings. The van der Waals surface area contributed by atoms with Gasteiger partial charge >= 0.3 is 0 Å². The van der Waals surface area contributed by atoms with Crippen LogP contribution in [0.2, 0.25) is 0 Å². The molecular weight excluding hydrogens is 322 g/mol. The van der Waals surface area contributed by atoms with Crippen LogP contribution in [-0.2, 0) is 0 Å². The highest BCUT2D eigenvalue weighted by Crippen LogP contribution is 2.28. The zero-order chi connectivity index (χ0) is 17.6. The first-order valence-electron chi connectivity index (χ1n) is 8.96. The normalized spacial score (nSPS) is 19.4. The maximum atomic E-state index is 4.68. The zero-order valence-corrected chi connectivity index (χ0v) is 15.7. The summed E-state index contributed by atoms with van der Waals surface area (Å²) in [4.78, 5) is 4.07. The van der Waals surface area contributed by atoms with Gasteiger partial charge in [-0.15, -0.1) is 0 Å². The average molecular weight is 346 g/mol. The molecule has 0 atom stereocenters. The van der Waals surface area contributed by atoms with Crippen molar-refractivity contribution in [3.8, 4) is 23.0 Å². The molecule has 2 heteroatoms. The first-order valence-corrected chi connectivity index (χ1v) is 9.37. The van der Waals surface area contributed by atoms with Gasteiger partial charge in [-0.2, -0.15) is 4.99 Å². The summed E-state index contributed by atoms with van der Waals surface area (Å²) in [5.41, 5.74) is 5.45. The SMILES string of the molecule is Cc1cc(-c2ccc(C#CC3CCC(C)CC3)cc2)ccc1N=C=S. The second-order valence-electron chi connectivity index (χ2n) is 7.01. The van der Waals surface area contributed by atoms with Crippen molar-refractivity contribution < 1.29 is 0 Å². The predicted octanol–water partition coefficient (Wildman–Crippen LogP) is 6.57. The van der Waals surface area contributed by atoms with Gasteiger partial charge in [-0.1, -0.05) is 37.0 Å². The fourth-order valence-electron chi connectivity index (χ4n) is 3.35. The van der Waals surface area contributed by atoms with E-state index < -0.39 is 0 Å². The van der Waals surface area contributed by atoms with Gasteiger partial charge in [0.1, 0.15) is 0 Å². The van der Waals surface area contributed by atoms with Crippen molar-refractivity contribution in [3.63, 3.8) is 0 Å². The summed E-state index contributed by atoms with van der Waals surface area (Å²) in [5.74, 6) is 8.28. The van der Waals surface area contributed by atoms with E-state index in [0.29, 0.717) is 5.92 Å². The molecule has 1 aliphatic carbocycles. The summed E-state index contributed by atoms with van der Waals surface area (Å²) in [6.07, 6.45) is 5.14. The third-order valence-electron chi connectivity index (χ3n) is 5.02. The molecule has 0 aromatic heterocycles. The smallest absolute Gasteiger partial charge is 0.0769 e. The molecule has 25 heavy (non-hydrogen) atoms. The number of hydrogen-bond donors (Lipinski definition) is 0. The van der Waals surface area contributed by atoms with E-state index in [4.69, 9.17) is 0 Å². The minimum Gasteiger partial charge on any atom is -0.194 e. The van der Waals surface area contributed by atoms with E-state index >= 15 is 0 Å².